The summed E-state index contributed by atoms with van der Waals surface area (Å²) in [6.07, 6.45) is 5.59. The highest BCUT2D eigenvalue weighted by Crippen LogP contribution is 2.36. The molecule has 0 saturated heterocycles. The molecule has 3 aromatic rings. The normalized spacial score (nSPS) is 14.7. The minimum absolute atomic E-state index is 0.107. The standard InChI is InChI=1S/C27H31F3N4/c1-2-3-7-19-10-14-23(15-11-19)33-26-31-18-24(27(28,29)30)25(34-26)32-22-16-12-21(13-17-22)20-8-5-4-6-9-20/h10-18,20H,2-9H2,1H3,(H2,31,32,33,34). The Morgan fingerprint density at radius 3 is 2.18 bits per heavy atom. The first-order valence-electron chi connectivity index (χ1n) is 12.1. The van der Waals surface area contributed by atoms with Crippen molar-refractivity contribution < 1.29 is 13.2 Å². The molecule has 0 radical (unpaired) electrons. The van der Waals surface area contributed by atoms with E-state index in [0.717, 1.165) is 31.1 Å². The van der Waals surface area contributed by atoms with Crippen LogP contribution in [0.4, 0.5) is 36.3 Å². The van der Waals surface area contributed by atoms with Gasteiger partial charge in [-0.3, -0.25) is 0 Å². The number of nitrogens with one attached hydrogen (secondary N) is 2. The van der Waals surface area contributed by atoms with Crippen molar-refractivity contribution in [2.75, 3.05) is 10.6 Å². The maximum atomic E-state index is 13.6. The Kier molecular flexibility index (Phi) is 7.70. The molecule has 0 aliphatic heterocycles. The molecule has 1 aromatic heterocycles. The van der Waals surface area contributed by atoms with Gasteiger partial charge >= 0.3 is 6.18 Å². The largest absolute Gasteiger partial charge is 0.421 e. The topological polar surface area (TPSA) is 49.8 Å². The first-order chi connectivity index (χ1) is 16.4. The Morgan fingerprint density at radius 2 is 1.53 bits per heavy atom. The van der Waals surface area contributed by atoms with Crippen LogP contribution in [0.2, 0.25) is 0 Å². The van der Waals surface area contributed by atoms with Gasteiger partial charge in [-0.05, 0) is 67.0 Å². The third-order valence-electron chi connectivity index (χ3n) is 6.37. The maximum Gasteiger partial charge on any atom is 0.421 e. The van der Waals surface area contributed by atoms with E-state index in [4.69, 9.17) is 0 Å². The zero-order valence-corrected chi connectivity index (χ0v) is 19.5. The number of rotatable bonds is 8. The smallest absolute Gasteiger partial charge is 0.340 e. The number of hydrogen-bond donors (Lipinski definition) is 2. The van der Waals surface area contributed by atoms with Crippen LogP contribution in [0.5, 0.6) is 0 Å². The van der Waals surface area contributed by atoms with Gasteiger partial charge in [0.25, 0.3) is 0 Å². The molecule has 2 N–H and O–H groups in total. The van der Waals surface area contributed by atoms with Gasteiger partial charge in [-0.15, -0.1) is 0 Å². The highest BCUT2D eigenvalue weighted by molar-refractivity contribution is 5.63. The molecular formula is C27H31F3N4. The summed E-state index contributed by atoms with van der Waals surface area (Å²) in [5, 5.41) is 5.87. The van der Waals surface area contributed by atoms with E-state index in [0.29, 0.717) is 11.6 Å². The molecule has 4 nitrogen and oxygen atoms in total. The van der Waals surface area contributed by atoms with Gasteiger partial charge in [0.05, 0.1) is 0 Å². The molecule has 1 heterocycles. The summed E-state index contributed by atoms with van der Waals surface area (Å²) in [4.78, 5) is 8.07. The molecule has 0 atom stereocenters. The number of hydrogen-bond acceptors (Lipinski definition) is 4. The fourth-order valence-corrected chi connectivity index (χ4v) is 4.42. The lowest BCUT2D eigenvalue weighted by molar-refractivity contribution is -0.137. The van der Waals surface area contributed by atoms with E-state index < -0.39 is 11.7 Å². The number of aromatic nitrogens is 2. The second-order valence-electron chi connectivity index (χ2n) is 8.96. The van der Waals surface area contributed by atoms with Crippen molar-refractivity contribution in [3.05, 3.63) is 71.4 Å². The van der Waals surface area contributed by atoms with Crippen molar-refractivity contribution in [3.8, 4) is 0 Å². The summed E-state index contributed by atoms with van der Waals surface area (Å²) >= 11 is 0. The Hall–Kier alpha value is -3.09. The van der Waals surface area contributed by atoms with E-state index in [1.807, 2.05) is 48.5 Å². The van der Waals surface area contributed by atoms with E-state index >= 15 is 0 Å². The lowest BCUT2D eigenvalue weighted by Gasteiger charge is -2.22. The number of anilines is 4. The van der Waals surface area contributed by atoms with Crippen molar-refractivity contribution in [2.45, 2.75) is 70.4 Å². The van der Waals surface area contributed by atoms with Gasteiger partial charge in [0, 0.05) is 17.6 Å². The van der Waals surface area contributed by atoms with Crippen LogP contribution >= 0.6 is 0 Å². The van der Waals surface area contributed by atoms with Crippen LogP contribution in [0.3, 0.4) is 0 Å². The molecule has 1 fully saturated rings. The highest BCUT2D eigenvalue weighted by atomic mass is 19.4. The first-order valence-corrected chi connectivity index (χ1v) is 12.1. The van der Waals surface area contributed by atoms with Crippen molar-refractivity contribution in [1.82, 2.24) is 9.97 Å². The van der Waals surface area contributed by atoms with Crippen molar-refractivity contribution in [2.24, 2.45) is 0 Å². The Morgan fingerprint density at radius 1 is 0.882 bits per heavy atom. The molecule has 1 aliphatic rings. The predicted molar refractivity (Wildman–Crippen MR) is 131 cm³/mol. The molecule has 0 spiro atoms. The van der Waals surface area contributed by atoms with Crippen LogP contribution in [0, 0.1) is 0 Å². The third-order valence-corrected chi connectivity index (χ3v) is 6.37. The number of alkyl halides is 3. The number of nitrogens with zero attached hydrogens (tertiary/aromatic N) is 2. The Labute approximate surface area is 199 Å². The molecule has 1 saturated carbocycles. The predicted octanol–water partition coefficient (Wildman–Crippen LogP) is 8.37. The zero-order valence-electron chi connectivity index (χ0n) is 19.5. The van der Waals surface area contributed by atoms with Crippen molar-refractivity contribution >= 4 is 23.1 Å². The van der Waals surface area contributed by atoms with Gasteiger partial charge in [0.15, 0.2) is 0 Å². The number of benzene rings is 2. The summed E-state index contributed by atoms with van der Waals surface area (Å²) in [7, 11) is 0. The molecule has 0 unspecified atom stereocenters. The Bertz CT molecular complexity index is 1060. The van der Waals surface area contributed by atoms with Crippen LogP contribution in [-0.2, 0) is 12.6 Å². The van der Waals surface area contributed by atoms with E-state index in [1.165, 1.54) is 43.2 Å². The minimum Gasteiger partial charge on any atom is -0.340 e. The molecule has 4 rings (SSSR count). The van der Waals surface area contributed by atoms with Crippen LogP contribution in [0.25, 0.3) is 0 Å². The zero-order chi connectivity index (χ0) is 24.0. The molecule has 1 aliphatic carbocycles. The second-order valence-corrected chi connectivity index (χ2v) is 8.96. The lowest BCUT2D eigenvalue weighted by Crippen LogP contribution is -2.12. The monoisotopic (exact) mass is 468 g/mol. The maximum absolute atomic E-state index is 13.6. The molecular weight excluding hydrogens is 437 g/mol. The molecule has 2 aromatic carbocycles. The minimum atomic E-state index is -4.57. The number of aryl methyl sites for hydroxylation is 1. The quantitative estimate of drug-likeness (QED) is 0.349. The van der Waals surface area contributed by atoms with Gasteiger partial charge in [-0.25, -0.2) is 4.98 Å². The van der Waals surface area contributed by atoms with Gasteiger partial charge in [0.1, 0.15) is 11.4 Å². The van der Waals surface area contributed by atoms with Crippen molar-refractivity contribution in [1.29, 1.82) is 0 Å². The van der Waals surface area contributed by atoms with E-state index in [1.54, 1.807) is 0 Å². The van der Waals surface area contributed by atoms with E-state index in [9.17, 15) is 13.2 Å². The average molecular weight is 469 g/mol. The molecule has 7 heteroatoms. The third kappa shape index (κ3) is 6.27. The molecule has 0 amide bonds. The lowest BCUT2D eigenvalue weighted by atomic mass is 9.84. The number of unbranched alkanes of at least 4 members (excludes halogenated alkanes) is 1. The second kappa shape index (κ2) is 10.9. The average Bonchev–Trinajstić information content (AvgIpc) is 2.84. The van der Waals surface area contributed by atoms with Crippen LogP contribution in [0.1, 0.15) is 74.5 Å². The molecule has 34 heavy (non-hydrogen) atoms. The molecule has 180 valence electrons. The van der Waals surface area contributed by atoms with Crippen LogP contribution < -0.4 is 10.6 Å². The van der Waals surface area contributed by atoms with Gasteiger partial charge in [-0.1, -0.05) is 56.9 Å². The molecule has 0 bridgehead atoms. The summed E-state index contributed by atoms with van der Waals surface area (Å²) in [5.74, 6) is 0.377. The Balaban J connectivity index is 1.51. The summed E-state index contributed by atoms with van der Waals surface area (Å²) < 4.78 is 40.9. The fourth-order valence-electron chi connectivity index (χ4n) is 4.42. The van der Waals surface area contributed by atoms with Gasteiger partial charge in [0.2, 0.25) is 5.95 Å². The summed E-state index contributed by atoms with van der Waals surface area (Å²) in [6.45, 7) is 2.15. The van der Waals surface area contributed by atoms with Gasteiger partial charge < -0.3 is 10.6 Å². The first kappa shape index (κ1) is 24.0. The van der Waals surface area contributed by atoms with Crippen LogP contribution in [-0.4, -0.2) is 9.97 Å². The van der Waals surface area contributed by atoms with Gasteiger partial charge in [-0.2, -0.15) is 18.2 Å². The van der Waals surface area contributed by atoms with Crippen molar-refractivity contribution in [3.63, 3.8) is 0 Å². The number of halogens is 3. The van der Waals surface area contributed by atoms with E-state index in [-0.39, 0.29) is 11.8 Å². The SMILES string of the molecule is CCCCc1ccc(Nc2ncc(C(F)(F)F)c(Nc3ccc(C4CCCCC4)cc3)n2)cc1. The van der Waals surface area contributed by atoms with Crippen LogP contribution in [0.15, 0.2) is 54.7 Å². The fraction of sp³-hybridized carbons (Fsp3) is 0.407. The summed E-state index contributed by atoms with van der Waals surface area (Å²) in [5.41, 5.74) is 2.86. The highest BCUT2D eigenvalue weighted by Gasteiger charge is 2.35. The van der Waals surface area contributed by atoms with E-state index in [2.05, 4.69) is 27.5 Å². The summed E-state index contributed by atoms with van der Waals surface area (Å²) in [6, 6.07) is 15.5.